The van der Waals surface area contributed by atoms with Crippen LogP contribution in [0.5, 0.6) is 0 Å². The molecule has 0 saturated carbocycles. The summed E-state index contributed by atoms with van der Waals surface area (Å²) in [7, 11) is 0. The molecule has 2 heterocycles. The van der Waals surface area contributed by atoms with Crippen LogP contribution >= 0.6 is 0 Å². The Kier molecular flexibility index (Phi) is 5.02. The van der Waals surface area contributed by atoms with Crippen molar-refractivity contribution in [3.8, 4) is 0 Å². The summed E-state index contributed by atoms with van der Waals surface area (Å²) in [4.78, 5) is 18.5. The van der Waals surface area contributed by atoms with E-state index >= 15 is 0 Å². The number of benzene rings is 2. The van der Waals surface area contributed by atoms with Crippen LogP contribution in [0.3, 0.4) is 0 Å². The molecule has 1 saturated heterocycles. The molecular weight excluding hydrogens is 332 g/mol. The minimum atomic E-state index is 0.0823. The van der Waals surface area contributed by atoms with Gasteiger partial charge < -0.3 is 9.88 Å². The number of fused-ring (bicyclic) bond motifs is 1. The van der Waals surface area contributed by atoms with Gasteiger partial charge in [-0.2, -0.15) is 0 Å². The highest BCUT2D eigenvalue weighted by molar-refractivity contribution is 5.88. The van der Waals surface area contributed by atoms with E-state index in [0.717, 1.165) is 32.4 Å². The summed E-state index contributed by atoms with van der Waals surface area (Å²) in [5.74, 6) is 0.360. The van der Waals surface area contributed by atoms with Gasteiger partial charge in [-0.1, -0.05) is 55.0 Å². The molecule has 1 N–H and O–H groups in total. The number of aromatic nitrogens is 1. The van der Waals surface area contributed by atoms with Crippen LogP contribution in [0, 0.1) is 6.92 Å². The third-order valence-corrected chi connectivity index (χ3v) is 5.87. The molecule has 3 aromatic rings. The van der Waals surface area contributed by atoms with E-state index in [1.807, 2.05) is 4.90 Å². The van der Waals surface area contributed by atoms with Gasteiger partial charge in [0.2, 0.25) is 5.91 Å². The molecule has 0 aliphatic carbocycles. The topological polar surface area (TPSA) is 36.1 Å². The third kappa shape index (κ3) is 3.51. The van der Waals surface area contributed by atoms with Crippen LogP contribution in [-0.2, 0) is 11.2 Å². The van der Waals surface area contributed by atoms with E-state index in [0.29, 0.717) is 6.42 Å². The lowest BCUT2D eigenvalue weighted by molar-refractivity contribution is -0.130. The van der Waals surface area contributed by atoms with E-state index in [9.17, 15) is 4.79 Å². The summed E-state index contributed by atoms with van der Waals surface area (Å²) in [6.45, 7) is 6.12. The van der Waals surface area contributed by atoms with Crippen molar-refractivity contribution < 1.29 is 4.79 Å². The van der Waals surface area contributed by atoms with Crippen molar-refractivity contribution in [2.75, 3.05) is 13.1 Å². The van der Waals surface area contributed by atoms with E-state index < -0.39 is 0 Å². The molecule has 1 aliphatic rings. The number of hydrogen-bond donors (Lipinski definition) is 1. The summed E-state index contributed by atoms with van der Waals surface area (Å²) >= 11 is 0. The highest BCUT2D eigenvalue weighted by Gasteiger charge is 2.26. The zero-order valence-corrected chi connectivity index (χ0v) is 16.3. The largest absolute Gasteiger partial charge is 0.361 e. The highest BCUT2D eigenvalue weighted by Crippen LogP contribution is 2.35. The first kappa shape index (κ1) is 17.8. The summed E-state index contributed by atoms with van der Waals surface area (Å²) < 4.78 is 0. The Bertz CT molecular complexity index is 950. The second-order valence-electron chi connectivity index (χ2n) is 7.70. The fourth-order valence-corrected chi connectivity index (χ4v) is 4.39. The van der Waals surface area contributed by atoms with Gasteiger partial charge in [0.15, 0.2) is 0 Å². The van der Waals surface area contributed by atoms with E-state index in [2.05, 4.69) is 67.5 Å². The van der Waals surface area contributed by atoms with Gasteiger partial charge in [0.25, 0.3) is 0 Å². The standard InChI is InChI=1S/C24H28N2O/c1-3-18-9-7-11-20-22(16-25-24(18)20)21(19-10-6-8-17(2)14-19)15-23(27)26-12-4-5-13-26/h6-11,14,16,21,25H,3-5,12-13,15H2,1-2H3/t21-/m0/s1. The Morgan fingerprint density at radius 1 is 1.15 bits per heavy atom. The summed E-state index contributed by atoms with van der Waals surface area (Å²) in [5, 5.41) is 1.25. The number of amides is 1. The molecule has 3 nitrogen and oxygen atoms in total. The maximum absolute atomic E-state index is 13.0. The van der Waals surface area contributed by atoms with Gasteiger partial charge in [-0.15, -0.1) is 0 Å². The summed E-state index contributed by atoms with van der Waals surface area (Å²) in [6, 6.07) is 15.1. The molecule has 0 spiro atoms. The monoisotopic (exact) mass is 360 g/mol. The van der Waals surface area contributed by atoms with Crippen molar-refractivity contribution >= 4 is 16.8 Å². The molecule has 1 aliphatic heterocycles. The van der Waals surface area contributed by atoms with Gasteiger partial charge in [-0.25, -0.2) is 0 Å². The van der Waals surface area contributed by atoms with Crippen molar-refractivity contribution in [2.45, 2.75) is 45.4 Å². The lowest BCUT2D eigenvalue weighted by Gasteiger charge is -2.22. The van der Waals surface area contributed by atoms with Crippen LogP contribution in [0.25, 0.3) is 10.9 Å². The molecule has 0 unspecified atom stereocenters. The number of hydrogen-bond acceptors (Lipinski definition) is 1. The van der Waals surface area contributed by atoms with Crippen molar-refractivity contribution in [3.05, 3.63) is 70.9 Å². The minimum absolute atomic E-state index is 0.0823. The molecule has 1 aromatic heterocycles. The number of carbonyl (C=O) groups excluding carboxylic acids is 1. The van der Waals surface area contributed by atoms with Crippen molar-refractivity contribution in [1.29, 1.82) is 0 Å². The van der Waals surface area contributed by atoms with E-state index in [4.69, 9.17) is 0 Å². The van der Waals surface area contributed by atoms with Gasteiger partial charge in [-0.05, 0) is 42.9 Å². The Labute approximate surface area is 161 Å². The number of nitrogens with one attached hydrogen (secondary N) is 1. The first-order valence-electron chi connectivity index (χ1n) is 10.1. The average molecular weight is 361 g/mol. The molecule has 0 bridgehead atoms. The van der Waals surface area contributed by atoms with Crippen LogP contribution in [-0.4, -0.2) is 28.9 Å². The lowest BCUT2D eigenvalue weighted by atomic mass is 9.87. The molecular formula is C24H28N2O. The molecule has 1 fully saturated rings. The van der Waals surface area contributed by atoms with E-state index in [-0.39, 0.29) is 11.8 Å². The molecule has 140 valence electrons. The SMILES string of the molecule is CCc1cccc2c([C@@H](CC(=O)N3CCCC3)c3cccc(C)c3)c[nH]c12. The van der Waals surface area contributed by atoms with Crippen molar-refractivity contribution in [2.24, 2.45) is 0 Å². The molecule has 2 aromatic carbocycles. The Morgan fingerprint density at radius 3 is 2.67 bits per heavy atom. The average Bonchev–Trinajstić information content (AvgIpc) is 3.35. The number of nitrogens with zero attached hydrogens (tertiary/aromatic N) is 1. The molecule has 3 heteroatoms. The third-order valence-electron chi connectivity index (χ3n) is 5.87. The smallest absolute Gasteiger partial charge is 0.223 e. The van der Waals surface area contributed by atoms with Gasteiger partial charge in [-0.3, -0.25) is 4.79 Å². The highest BCUT2D eigenvalue weighted by atomic mass is 16.2. The van der Waals surface area contributed by atoms with Gasteiger partial charge in [0.05, 0.1) is 0 Å². The lowest BCUT2D eigenvalue weighted by Crippen LogP contribution is -2.29. The van der Waals surface area contributed by atoms with Crippen LogP contribution in [0.2, 0.25) is 0 Å². The zero-order valence-electron chi connectivity index (χ0n) is 16.3. The van der Waals surface area contributed by atoms with Gasteiger partial charge in [0.1, 0.15) is 0 Å². The maximum atomic E-state index is 13.0. The number of H-pyrrole nitrogens is 1. The van der Waals surface area contributed by atoms with E-state index in [1.165, 1.54) is 33.2 Å². The first-order valence-corrected chi connectivity index (χ1v) is 10.1. The Morgan fingerprint density at radius 2 is 1.93 bits per heavy atom. The fourth-order valence-electron chi connectivity index (χ4n) is 4.39. The van der Waals surface area contributed by atoms with Crippen LogP contribution < -0.4 is 0 Å². The van der Waals surface area contributed by atoms with Crippen LogP contribution in [0.15, 0.2) is 48.7 Å². The van der Waals surface area contributed by atoms with Crippen molar-refractivity contribution in [3.63, 3.8) is 0 Å². The van der Waals surface area contributed by atoms with Crippen LogP contribution in [0.1, 0.15) is 54.4 Å². The van der Waals surface area contributed by atoms with Crippen molar-refractivity contribution in [1.82, 2.24) is 9.88 Å². The molecule has 0 radical (unpaired) electrons. The second kappa shape index (κ2) is 7.59. The number of rotatable bonds is 5. The Balaban J connectivity index is 1.77. The summed E-state index contributed by atoms with van der Waals surface area (Å²) in [5.41, 5.74) is 6.23. The molecule has 1 amide bonds. The molecule has 27 heavy (non-hydrogen) atoms. The van der Waals surface area contributed by atoms with Gasteiger partial charge >= 0.3 is 0 Å². The van der Waals surface area contributed by atoms with Crippen LogP contribution in [0.4, 0.5) is 0 Å². The maximum Gasteiger partial charge on any atom is 0.223 e. The second-order valence-corrected chi connectivity index (χ2v) is 7.70. The Hall–Kier alpha value is -2.55. The number of carbonyl (C=O) groups is 1. The number of para-hydroxylation sites is 1. The summed E-state index contributed by atoms with van der Waals surface area (Å²) in [6.07, 6.45) is 5.92. The predicted octanol–water partition coefficient (Wildman–Crippen LogP) is 5.18. The minimum Gasteiger partial charge on any atom is -0.361 e. The fraction of sp³-hybridized carbons (Fsp3) is 0.375. The first-order chi connectivity index (χ1) is 13.2. The predicted molar refractivity (Wildman–Crippen MR) is 111 cm³/mol. The number of aromatic amines is 1. The molecule has 1 atom stereocenters. The number of likely N-dealkylation sites (tertiary alicyclic amines) is 1. The van der Waals surface area contributed by atoms with E-state index in [1.54, 1.807) is 0 Å². The number of aryl methyl sites for hydroxylation is 2. The normalized spacial score (nSPS) is 15.4. The van der Waals surface area contributed by atoms with Gasteiger partial charge in [0, 0.05) is 42.5 Å². The molecule has 4 rings (SSSR count). The zero-order chi connectivity index (χ0) is 18.8. The quantitative estimate of drug-likeness (QED) is 0.668.